The fraction of sp³-hybridized carbons (Fsp3) is 0.241. The van der Waals surface area contributed by atoms with Crippen LogP contribution in [0.3, 0.4) is 0 Å². The highest BCUT2D eigenvalue weighted by atomic mass is 35.5. The third-order valence-electron chi connectivity index (χ3n) is 6.44. The van der Waals surface area contributed by atoms with Crippen LogP contribution in [-0.2, 0) is 19.1 Å². The van der Waals surface area contributed by atoms with Crippen molar-refractivity contribution < 1.29 is 5.11 Å². The first-order valence-corrected chi connectivity index (χ1v) is 12.5. The lowest BCUT2D eigenvalue weighted by atomic mass is 10.0. The molecule has 1 unspecified atom stereocenters. The van der Waals surface area contributed by atoms with E-state index in [9.17, 15) is 9.90 Å². The number of hydrogen-bond donors (Lipinski definition) is 2. The zero-order chi connectivity index (χ0) is 26.3. The normalized spacial score (nSPS) is 12.7. The van der Waals surface area contributed by atoms with Gasteiger partial charge in [-0.3, -0.25) is 9.78 Å². The molecule has 0 amide bonds. The smallest absolute Gasteiger partial charge is 0.258 e. The number of rotatable bonds is 6. The average Bonchev–Trinajstić information content (AvgIpc) is 2.88. The van der Waals surface area contributed by atoms with Crippen LogP contribution < -0.4 is 10.9 Å². The van der Waals surface area contributed by atoms with Crippen molar-refractivity contribution in [2.24, 2.45) is 7.05 Å². The molecule has 0 radical (unpaired) electrons. The monoisotopic (exact) mass is 513 g/mol. The Kier molecular flexibility index (Phi) is 6.43. The van der Waals surface area contributed by atoms with Gasteiger partial charge in [-0.05, 0) is 61.9 Å². The molecule has 0 fully saturated rings. The van der Waals surface area contributed by atoms with Gasteiger partial charge < -0.3 is 15.0 Å². The van der Waals surface area contributed by atoms with Crippen LogP contribution in [0.1, 0.15) is 32.2 Å². The first-order chi connectivity index (χ1) is 17.6. The molecule has 0 saturated heterocycles. The summed E-state index contributed by atoms with van der Waals surface area (Å²) in [6.45, 7) is 5.40. The van der Waals surface area contributed by atoms with Gasteiger partial charge in [0.1, 0.15) is 5.60 Å². The van der Waals surface area contributed by atoms with Gasteiger partial charge in [-0.15, -0.1) is 0 Å². The van der Waals surface area contributed by atoms with E-state index in [-0.39, 0.29) is 11.6 Å². The summed E-state index contributed by atoms with van der Waals surface area (Å²) in [5.41, 5.74) is 3.31. The minimum Gasteiger partial charge on any atom is -0.382 e. The van der Waals surface area contributed by atoms with E-state index >= 15 is 0 Å². The Labute approximate surface area is 219 Å². The number of fused-ring (bicyclic) bond motifs is 2. The summed E-state index contributed by atoms with van der Waals surface area (Å²) in [5, 5.41) is 16.8. The summed E-state index contributed by atoms with van der Waals surface area (Å²) < 4.78 is 1.64. The molecule has 0 spiro atoms. The summed E-state index contributed by atoms with van der Waals surface area (Å²) in [6.07, 6.45) is 7.67. The Balaban J connectivity index is 1.49. The van der Waals surface area contributed by atoms with E-state index in [1.54, 1.807) is 44.1 Å². The Hall–Kier alpha value is -3.81. The van der Waals surface area contributed by atoms with E-state index in [0.717, 1.165) is 38.7 Å². The van der Waals surface area contributed by atoms with Crippen LogP contribution in [0, 0.1) is 0 Å². The number of aryl methyl sites for hydroxylation is 1. The van der Waals surface area contributed by atoms with Crippen molar-refractivity contribution >= 4 is 39.0 Å². The number of aromatic nitrogens is 4. The van der Waals surface area contributed by atoms with Crippen LogP contribution in [0.2, 0.25) is 5.02 Å². The molecule has 0 saturated carbocycles. The van der Waals surface area contributed by atoms with Gasteiger partial charge in [-0.2, -0.15) is 0 Å². The summed E-state index contributed by atoms with van der Waals surface area (Å²) in [7, 11) is 1.78. The van der Waals surface area contributed by atoms with Crippen molar-refractivity contribution in [3.05, 3.63) is 94.0 Å². The van der Waals surface area contributed by atoms with Crippen LogP contribution in [0.25, 0.3) is 32.8 Å². The molecule has 2 aromatic carbocycles. The summed E-state index contributed by atoms with van der Waals surface area (Å²) in [6, 6.07) is 13.7. The first-order valence-electron chi connectivity index (χ1n) is 12.1. The maximum absolute atomic E-state index is 12.6. The molecule has 3 aromatic heterocycles. The number of anilines is 1. The summed E-state index contributed by atoms with van der Waals surface area (Å²) >= 11 is 6.64. The Morgan fingerprint density at radius 3 is 2.41 bits per heavy atom. The fourth-order valence-electron chi connectivity index (χ4n) is 4.58. The van der Waals surface area contributed by atoms with Gasteiger partial charge in [0.2, 0.25) is 0 Å². The first kappa shape index (κ1) is 24.9. The molecule has 3 heterocycles. The molecule has 0 aliphatic heterocycles. The second-order valence-corrected chi connectivity index (χ2v) is 10.3. The second kappa shape index (κ2) is 9.57. The van der Waals surface area contributed by atoms with Gasteiger partial charge in [-0.1, -0.05) is 35.9 Å². The van der Waals surface area contributed by atoms with Crippen molar-refractivity contribution in [3.8, 4) is 11.1 Å². The van der Waals surface area contributed by atoms with Gasteiger partial charge in [0, 0.05) is 54.2 Å². The lowest BCUT2D eigenvalue weighted by molar-refractivity contribution is 0.0687. The van der Waals surface area contributed by atoms with Crippen molar-refractivity contribution in [3.63, 3.8) is 0 Å². The maximum Gasteiger partial charge on any atom is 0.258 e. The molecule has 1 atom stereocenters. The number of nitrogens with one attached hydrogen (secondary N) is 1. The molecule has 5 rings (SSSR count). The highest BCUT2D eigenvalue weighted by molar-refractivity contribution is 6.34. The molecule has 188 valence electrons. The predicted molar refractivity (Wildman–Crippen MR) is 149 cm³/mol. The fourth-order valence-corrected chi connectivity index (χ4v) is 4.78. The minimum atomic E-state index is -1.11. The Morgan fingerprint density at radius 1 is 1.00 bits per heavy atom. The highest BCUT2D eigenvalue weighted by Crippen LogP contribution is 2.34. The maximum atomic E-state index is 12.6. The average molecular weight is 514 g/mol. The van der Waals surface area contributed by atoms with Gasteiger partial charge in [0.25, 0.3) is 5.56 Å². The standard InChI is InChI=1S/C29H28ClN5O2/c1-17(11-19-16-35(4)27(36)22-8-6-5-7-21(19)22)34-26-23-12-18(9-10-25(23)31-15-24(26)30)20-13-32-28(33-14-20)29(2,3)37/h5-10,12-17,37H,11H2,1-4H3,(H,31,34). The van der Waals surface area contributed by atoms with E-state index in [4.69, 9.17) is 11.6 Å². The van der Waals surface area contributed by atoms with Gasteiger partial charge in [0.15, 0.2) is 5.82 Å². The van der Waals surface area contributed by atoms with Crippen LogP contribution in [0.15, 0.2) is 72.0 Å². The van der Waals surface area contributed by atoms with Crippen molar-refractivity contribution in [1.29, 1.82) is 0 Å². The second-order valence-electron chi connectivity index (χ2n) is 9.93. The highest BCUT2D eigenvalue weighted by Gasteiger charge is 2.19. The van der Waals surface area contributed by atoms with Crippen molar-refractivity contribution in [1.82, 2.24) is 19.5 Å². The quantitative estimate of drug-likeness (QED) is 0.313. The van der Waals surface area contributed by atoms with Crippen molar-refractivity contribution in [2.45, 2.75) is 38.8 Å². The van der Waals surface area contributed by atoms with E-state index in [1.807, 2.05) is 48.7 Å². The van der Waals surface area contributed by atoms with E-state index in [2.05, 4.69) is 27.2 Å². The van der Waals surface area contributed by atoms with Gasteiger partial charge in [0.05, 0.1) is 16.2 Å². The zero-order valence-corrected chi connectivity index (χ0v) is 21.9. The Morgan fingerprint density at radius 2 is 1.70 bits per heavy atom. The number of benzene rings is 2. The van der Waals surface area contributed by atoms with Crippen LogP contribution in [0.5, 0.6) is 0 Å². The topological polar surface area (TPSA) is 92.9 Å². The number of nitrogens with zero attached hydrogens (tertiary/aromatic N) is 4. The molecular formula is C29H28ClN5O2. The lowest BCUT2D eigenvalue weighted by Gasteiger charge is -2.20. The third-order valence-corrected chi connectivity index (χ3v) is 6.73. The van der Waals surface area contributed by atoms with E-state index in [1.165, 1.54) is 0 Å². The SMILES string of the molecule is CC(Cc1cn(C)c(=O)c2ccccc12)Nc1c(Cl)cnc2ccc(-c3cnc(C(C)(C)O)nc3)cc12. The van der Waals surface area contributed by atoms with Crippen LogP contribution in [-0.4, -0.2) is 30.7 Å². The third kappa shape index (κ3) is 4.92. The number of hydrogen-bond acceptors (Lipinski definition) is 6. The minimum absolute atomic E-state index is 0.00442. The predicted octanol–water partition coefficient (Wildman–Crippen LogP) is 5.47. The number of pyridine rings is 2. The molecule has 0 aliphatic rings. The lowest BCUT2D eigenvalue weighted by Crippen LogP contribution is -2.22. The van der Waals surface area contributed by atoms with E-state index in [0.29, 0.717) is 22.7 Å². The molecule has 7 nitrogen and oxygen atoms in total. The van der Waals surface area contributed by atoms with E-state index < -0.39 is 5.60 Å². The van der Waals surface area contributed by atoms with Gasteiger partial charge in [-0.25, -0.2) is 9.97 Å². The Bertz CT molecular complexity index is 1670. The molecule has 37 heavy (non-hydrogen) atoms. The molecular weight excluding hydrogens is 486 g/mol. The molecule has 0 bridgehead atoms. The van der Waals surface area contributed by atoms with Crippen LogP contribution >= 0.6 is 11.6 Å². The molecule has 8 heteroatoms. The number of aliphatic hydroxyl groups is 1. The zero-order valence-electron chi connectivity index (χ0n) is 21.2. The summed E-state index contributed by atoms with van der Waals surface area (Å²) in [4.78, 5) is 25.7. The largest absolute Gasteiger partial charge is 0.382 e. The molecule has 2 N–H and O–H groups in total. The number of halogens is 1. The van der Waals surface area contributed by atoms with Gasteiger partial charge >= 0.3 is 0 Å². The molecule has 5 aromatic rings. The summed E-state index contributed by atoms with van der Waals surface area (Å²) in [5.74, 6) is 0.365. The van der Waals surface area contributed by atoms with Crippen molar-refractivity contribution in [2.75, 3.05) is 5.32 Å². The van der Waals surface area contributed by atoms with Crippen LogP contribution in [0.4, 0.5) is 5.69 Å². The molecule has 0 aliphatic carbocycles.